The number of carbonyl (C=O) groups excluding carboxylic acids is 1. The van der Waals surface area contributed by atoms with E-state index in [-0.39, 0.29) is 22.9 Å². The number of aromatic nitrogens is 3. The molecule has 3 heterocycles. The molecule has 1 fully saturated rings. The molecule has 162 valence electrons. The molecule has 1 N–H and O–H groups in total. The highest BCUT2D eigenvalue weighted by Gasteiger charge is 2.21. The summed E-state index contributed by atoms with van der Waals surface area (Å²) in [4.78, 5) is 18.9. The minimum absolute atomic E-state index is 0.0492. The molecule has 9 heteroatoms. The lowest BCUT2D eigenvalue weighted by Gasteiger charge is -2.32. The fraction of sp³-hybridized carbons (Fsp3) is 0.318. The van der Waals surface area contributed by atoms with Crippen LogP contribution >= 0.6 is 11.6 Å². The zero-order chi connectivity index (χ0) is 21.6. The lowest BCUT2D eigenvalue weighted by Crippen LogP contribution is -2.42. The lowest BCUT2D eigenvalue weighted by atomic mass is 10.1. The van der Waals surface area contributed by atoms with Crippen LogP contribution in [-0.4, -0.2) is 57.9 Å². The van der Waals surface area contributed by atoms with E-state index in [1.165, 1.54) is 12.1 Å². The molecule has 1 amide bonds. The van der Waals surface area contributed by atoms with E-state index in [1.807, 2.05) is 6.07 Å². The smallest absolute Gasteiger partial charge is 0.252 e. The Morgan fingerprint density at radius 2 is 2.10 bits per heavy atom. The van der Waals surface area contributed by atoms with Crippen molar-refractivity contribution in [3.05, 3.63) is 71.4 Å². The van der Waals surface area contributed by atoms with E-state index in [4.69, 9.17) is 16.3 Å². The molecule has 0 saturated carbocycles. The van der Waals surface area contributed by atoms with Crippen molar-refractivity contribution in [1.29, 1.82) is 0 Å². The van der Waals surface area contributed by atoms with Crippen molar-refractivity contribution in [1.82, 2.24) is 25.0 Å². The summed E-state index contributed by atoms with van der Waals surface area (Å²) in [6.45, 7) is 3.03. The lowest BCUT2D eigenvalue weighted by molar-refractivity contribution is 0.0905. The summed E-state index contributed by atoms with van der Waals surface area (Å²) < 4.78 is 20.7. The number of halogens is 2. The minimum atomic E-state index is -0.376. The first-order valence-electron chi connectivity index (χ1n) is 10.2. The van der Waals surface area contributed by atoms with E-state index in [1.54, 1.807) is 41.5 Å². The van der Waals surface area contributed by atoms with Crippen molar-refractivity contribution < 1.29 is 13.9 Å². The first-order chi connectivity index (χ1) is 15.1. The molecular formula is C22H23ClFN5O2. The van der Waals surface area contributed by atoms with Gasteiger partial charge in [-0.2, -0.15) is 5.10 Å². The number of pyridine rings is 1. The largest absolute Gasteiger partial charge is 0.489 e. The molecular weight excluding hydrogens is 421 g/mol. The van der Waals surface area contributed by atoms with Crippen molar-refractivity contribution >= 4 is 17.5 Å². The molecule has 2 aromatic heterocycles. The van der Waals surface area contributed by atoms with Crippen LogP contribution in [0.5, 0.6) is 5.75 Å². The van der Waals surface area contributed by atoms with Gasteiger partial charge in [-0.25, -0.2) is 14.1 Å². The number of likely N-dealkylation sites (tertiary alicyclic amines) is 1. The van der Waals surface area contributed by atoms with Gasteiger partial charge >= 0.3 is 0 Å². The summed E-state index contributed by atoms with van der Waals surface area (Å²) >= 11 is 6.04. The van der Waals surface area contributed by atoms with Crippen LogP contribution in [0.3, 0.4) is 0 Å². The summed E-state index contributed by atoms with van der Waals surface area (Å²) in [6, 6.07) is 9.49. The molecule has 1 aliphatic heterocycles. The zero-order valence-corrected chi connectivity index (χ0v) is 17.6. The molecule has 4 rings (SSSR count). The molecule has 31 heavy (non-hydrogen) atoms. The fourth-order valence-corrected chi connectivity index (χ4v) is 3.70. The average Bonchev–Trinajstić information content (AvgIpc) is 3.32. The van der Waals surface area contributed by atoms with Gasteiger partial charge in [0.05, 0.1) is 10.6 Å². The zero-order valence-electron chi connectivity index (χ0n) is 16.9. The van der Waals surface area contributed by atoms with Crippen molar-refractivity contribution in [3.63, 3.8) is 0 Å². The number of carbonyl (C=O) groups is 1. The maximum Gasteiger partial charge on any atom is 0.252 e. The van der Waals surface area contributed by atoms with Gasteiger partial charge in [-0.3, -0.25) is 4.79 Å². The molecule has 1 saturated heterocycles. The van der Waals surface area contributed by atoms with Crippen LogP contribution in [0.2, 0.25) is 5.02 Å². The van der Waals surface area contributed by atoms with Gasteiger partial charge in [-0.1, -0.05) is 11.6 Å². The number of benzene rings is 1. The molecule has 7 nitrogen and oxygen atoms in total. The third kappa shape index (κ3) is 5.59. The molecule has 1 aromatic carbocycles. The van der Waals surface area contributed by atoms with Crippen LogP contribution in [0.4, 0.5) is 4.39 Å². The predicted octanol–water partition coefficient (Wildman–Crippen LogP) is 3.33. The average molecular weight is 444 g/mol. The van der Waals surface area contributed by atoms with Gasteiger partial charge in [0.2, 0.25) is 0 Å². The first-order valence-corrected chi connectivity index (χ1v) is 10.5. The van der Waals surface area contributed by atoms with Gasteiger partial charge in [0.15, 0.2) is 5.82 Å². The van der Waals surface area contributed by atoms with Crippen LogP contribution in [0.1, 0.15) is 23.2 Å². The Hall–Kier alpha value is -2.97. The summed E-state index contributed by atoms with van der Waals surface area (Å²) in [7, 11) is 0. The number of piperidine rings is 1. The molecule has 0 bridgehead atoms. The van der Waals surface area contributed by atoms with Gasteiger partial charge in [0.25, 0.3) is 5.91 Å². The maximum absolute atomic E-state index is 13.2. The van der Waals surface area contributed by atoms with E-state index < -0.39 is 0 Å². The highest BCUT2D eigenvalue weighted by atomic mass is 35.5. The second kappa shape index (κ2) is 9.89. The molecule has 0 unspecified atom stereocenters. The molecule has 0 spiro atoms. The number of nitrogens with zero attached hydrogens (tertiary/aromatic N) is 4. The third-order valence-electron chi connectivity index (χ3n) is 5.18. The quantitative estimate of drug-likeness (QED) is 0.606. The fourth-order valence-electron chi connectivity index (χ4n) is 3.49. The summed E-state index contributed by atoms with van der Waals surface area (Å²) in [6.07, 6.45) is 6.77. The minimum Gasteiger partial charge on any atom is -0.489 e. The topological polar surface area (TPSA) is 72.3 Å². The molecule has 3 aromatic rings. The van der Waals surface area contributed by atoms with Gasteiger partial charge in [-0.15, -0.1) is 0 Å². The van der Waals surface area contributed by atoms with E-state index in [0.29, 0.717) is 23.7 Å². The number of rotatable bonds is 7. The number of nitrogens with one attached hydrogen (secondary N) is 1. The normalized spacial score (nSPS) is 15.0. The third-order valence-corrected chi connectivity index (χ3v) is 5.48. The van der Waals surface area contributed by atoms with Crippen molar-refractivity contribution in [3.8, 4) is 11.6 Å². The molecule has 0 aliphatic carbocycles. The number of hydrogen-bond acceptors (Lipinski definition) is 5. The molecule has 1 aliphatic rings. The summed E-state index contributed by atoms with van der Waals surface area (Å²) in [5, 5.41) is 7.34. The number of ether oxygens (including phenoxy) is 1. The van der Waals surface area contributed by atoms with E-state index in [9.17, 15) is 9.18 Å². The van der Waals surface area contributed by atoms with Gasteiger partial charge < -0.3 is 15.0 Å². The van der Waals surface area contributed by atoms with Crippen molar-refractivity contribution in [2.75, 3.05) is 26.2 Å². The Labute approximate surface area is 184 Å². The standard InChI is InChI=1S/C22H23ClFN5O2/c23-19-14-17(24)3-4-20(19)31-18-6-11-28(12-7-18)13-9-25-22(30)16-2-5-21(26-15-16)29-10-1-8-27-29/h1-5,8,10,14-15,18H,6-7,9,11-13H2,(H,25,30). The Kier molecular flexibility index (Phi) is 6.79. The van der Waals surface area contributed by atoms with Crippen LogP contribution < -0.4 is 10.1 Å². The predicted molar refractivity (Wildman–Crippen MR) is 115 cm³/mol. The summed E-state index contributed by atoms with van der Waals surface area (Å²) in [5.41, 5.74) is 0.513. The maximum atomic E-state index is 13.2. The van der Waals surface area contributed by atoms with Gasteiger partial charge in [0.1, 0.15) is 17.7 Å². The van der Waals surface area contributed by atoms with Crippen LogP contribution in [0.15, 0.2) is 55.0 Å². The van der Waals surface area contributed by atoms with Gasteiger partial charge in [0, 0.05) is 44.8 Å². The Morgan fingerprint density at radius 1 is 1.26 bits per heavy atom. The van der Waals surface area contributed by atoms with Gasteiger partial charge in [-0.05, 0) is 49.2 Å². The van der Waals surface area contributed by atoms with Crippen LogP contribution in [0.25, 0.3) is 5.82 Å². The monoisotopic (exact) mass is 443 g/mol. The highest BCUT2D eigenvalue weighted by Crippen LogP contribution is 2.27. The molecule has 0 atom stereocenters. The SMILES string of the molecule is O=C(NCCN1CCC(Oc2ccc(F)cc2Cl)CC1)c1ccc(-n2cccn2)nc1. The van der Waals surface area contributed by atoms with Crippen LogP contribution in [-0.2, 0) is 0 Å². The van der Waals surface area contributed by atoms with Crippen molar-refractivity contribution in [2.24, 2.45) is 0 Å². The Balaban J connectivity index is 1.18. The van der Waals surface area contributed by atoms with Crippen LogP contribution in [0, 0.1) is 5.82 Å². The van der Waals surface area contributed by atoms with E-state index in [2.05, 4.69) is 20.3 Å². The highest BCUT2D eigenvalue weighted by molar-refractivity contribution is 6.32. The summed E-state index contributed by atoms with van der Waals surface area (Å²) in [5.74, 6) is 0.650. The Morgan fingerprint density at radius 3 is 2.77 bits per heavy atom. The molecule has 0 radical (unpaired) electrons. The first kappa shape index (κ1) is 21.3. The van der Waals surface area contributed by atoms with E-state index in [0.717, 1.165) is 32.5 Å². The number of amides is 1. The second-order valence-corrected chi connectivity index (χ2v) is 7.75. The number of hydrogen-bond donors (Lipinski definition) is 1. The second-order valence-electron chi connectivity index (χ2n) is 7.35. The van der Waals surface area contributed by atoms with Crippen molar-refractivity contribution in [2.45, 2.75) is 18.9 Å². The van der Waals surface area contributed by atoms with E-state index >= 15 is 0 Å². The Bertz CT molecular complexity index is 1010.